The second kappa shape index (κ2) is 7.66. The topological polar surface area (TPSA) is 66.5 Å². The van der Waals surface area contributed by atoms with Crippen molar-refractivity contribution in [2.45, 2.75) is 33.2 Å². The number of rotatable bonds is 2. The third-order valence-corrected chi connectivity index (χ3v) is 3.14. The van der Waals surface area contributed by atoms with E-state index in [-0.39, 0.29) is 24.0 Å². The molecule has 1 unspecified atom stereocenters. The van der Waals surface area contributed by atoms with E-state index in [0.717, 1.165) is 25.0 Å². The molecule has 0 bridgehead atoms. The maximum absolute atomic E-state index is 4.94. The molecule has 2 heterocycles. The van der Waals surface area contributed by atoms with E-state index in [1.54, 1.807) is 6.92 Å². The summed E-state index contributed by atoms with van der Waals surface area (Å²) >= 11 is 0. The molecule has 2 rings (SSSR count). The van der Waals surface area contributed by atoms with Gasteiger partial charge >= 0.3 is 0 Å². The number of aryl methyl sites for hydroxylation is 1. The lowest BCUT2D eigenvalue weighted by Crippen LogP contribution is -2.46. The molecule has 6 nitrogen and oxygen atoms in total. The lowest BCUT2D eigenvalue weighted by molar-refractivity contribution is 0.265. The van der Waals surface area contributed by atoms with Gasteiger partial charge in [-0.15, -0.1) is 24.0 Å². The maximum atomic E-state index is 4.94. The molecule has 108 valence electrons. The van der Waals surface area contributed by atoms with Crippen LogP contribution in [0.1, 0.15) is 31.5 Å². The van der Waals surface area contributed by atoms with Crippen molar-refractivity contribution in [3.63, 3.8) is 0 Å². The van der Waals surface area contributed by atoms with E-state index in [1.807, 2.05) is 7.05 Å². The molecular formula is C12H22IN5O. The van der Waals surface area contributed by atoms with E-state index in [2.05, 4.69) is 32.3 Å². The van der Waals surface area contributed by atoms with Crippen LogP contribution in [-0.4, -0.2) is 41.1 Å². The first-order valence-electron chi connectivity index (χ1n) is 6.44. The van der Waals surface area contributed by atoms with Crippen LogP contribution in [0.2, 0.25) is 0 Å². The third-order valence-electron chi connectivity index (χ3n) is 3.14. The van der Waals surface area contributed by atoms with Gasteiger partial charge in [-0.1, -0.05) is 12.1 Å². The summed E-state index contributed by atoms with van der Waals surface area (Å²) in [6.07, 6.45) is 2.53. The average Bonchev–Trinajstić information content (AvgIpc) is 2.76. The zero-order valence-corrected chi connectivity index (χ0v) is 14.0. The fraction of sp³-hybridized carbons (Fsp3) is 0.750. The van der Waals surface area contributed by atoms with Gasteiger partial charge in [0, 0.05) is 27.1 Å². The van der Waals surface area contributed by atoms with Crippen LogP contribution in [0.5, 0.6) is 0 Å². The maximum Gasteiger partial charge on any atom is 0.223 e. The van der Waals surface area contributed by atoms with Gasteiger partial charge in [-0.3, -0.25) is 4.99 Å². The standard InChI is InChI=1S/C12H21N5O.HI/c1-9-5-4-6-17(8-9)12(13-3)14-7-11-15-10(2)18-16-11;/h9H,4-8H2,1-3H3,(H,13,14);1H. The predicted octanol–water partition coefficient (Wildman–Crippen LogP) is 1.80. The second-order valence-corrected chi connectivity index (χ2v) is 4.82. The summed E-state index contributed by atoms with van der Waals surface area (Å²) in [4.78, 5) is 10.8. The zero-order valence-electron chi connectivity index (χ0n) is 11.7. The summed E-state index contributed by atoms with van der Waals surface area (Å²) in [5.74, 6) is 2.90. The first-order chi connectivity index (χ1) is 8.69. The molecule has 1 fully saturated rings. The third kappa shape index (κ3) is 4.63. The first kappa shape index (κ1) is 16.2. The minimum absolute atomic E-state index is 0. The molecule has 1 N–H and O–H groups in total. The van der Waals surface area contributed by atoms with Crippen molar-refractivity contribution in [3.8, 4) is 0 Å². The van der Waals surface area contributed by atoms with Gasteiger partial charge < -0.3 is 14.7 Å². The molecule has 0 aromatic carbocycles. The molecule has 1 aliphatic heterocycles. The lowest BCUT2D eigenvalue weighted by Gasteiger charge is -2.33. The summed E-state index contributed by atoms with van der Waals surface area (Å²) in [6.45, 7) is 6.74. The van der Waals surface area contributed by atoms with Crippen molar-refractivity contribution in [1.82, 2.24) is 20.4 Å². The van der Waals surface area contributed by atoms with Gasteiger partial charge in [-0.05, 0) is 18.8 Å². The Morgan fingerprint density at radius 2 is 2.37 bits per heavy atom. The van der Waals surface area contributed by atoms with Gasteiger partial charge in [0.1, 0.15) is 0 Å². The summed E-state index contributed by atoms with van der Waals surface area (Å²) in [5, 5.41) is 7.14. The van der Waals surface area contributed by atoms with E-state index < -0.39 is 0 Å². The number of nitrogens with one attached hydrogen (secondary N) is 1. The van der Waals surface area contributed by atoms with Crippen LogP contribution in [0, 0.1) is 12.8 Å². The molecule has 1 aliphatic rings. The highest BCUT2D eigenvalue weighted by molar-refractivity contribution is 14.0. The molecule has 1 saturated heterocycles. The highest BCUT2D eigenvalue weighted by atomic mass is 127. The Balaban J connectivity index is 0.00000180. The number of hydrogen-bond donors (Lipinski definition) is 1. The van der Waals surface area contributed by atoms with Crippen molar-refractivity contribution in [1.29, 1.82) is 0 Å². The van der Waals surface area contributed by atoms with Gasteiger partial charge in [0.2, 0.25) is 5.89 Å². The smallest absolute Gasteiger partial charge is 0.223 e. The van der Waals surface area contributed by atoms with Gasteiger partial charge in [-0.2, -0.15) is 4.98 Å². The molecule has 0 radical (unpaired) electrons. The molecule has 1 aromatic heterocycles. The molecule has 7 heteroatoms. The minimum atomic E-state index is 0. The van der Waals surface area contributed by atoms with E-state index in [0.29, 0.717) is 18.3 Å². The van der Waals surface area contributed by atoms with E-state index >= 15 is 0 Å². The van der Waals surface area contributed by atoms with Crippen LogP contribution < -0.4 is 5.32 Å². The molecule has 0 amide bonds. The highest BCUT2D eigenvalue weighted by Crippen LogP contribution is 2.15. The number of halogens is 1. The fourth-order valence-electron chi connectivity index (χ4n) is 2.29. The Bertz CT molecular complexity index is 420. The lowest BCUT2D eigenvalue weighted by atomic mass is 10.0. The number of nitrogens with zero attached hydrogens (tertiary/aromatic N) is 4. The molecule has 1 aromatic rings. The Morgan fingerprint density at radius 1 is 1.58 bits per heavy atom. The summed E-state index contributed by atoms with van der Waals surface area (Å²) in [7, 11) is 1.81. The number of guanidine groups is 1. The fourth-order valence-corrected chi connectivity index (χ4v) is 2.29. The Kier molecular flexibility index (Phi) is 6.53. The molecule has 0 saturated carbocycles. The monoisotopic (exact) mass is 379 g/mol. The van der Waals surface area contributed by atoms with Crippen LogP contribution in [0.15, 0.2) is 9.52 Å². The quantitative estimate of drug-likeness (QED) is 0.482. The molecule has 0 aliphatic carbocycles. The molecule has 19 heavy (non-hydrogen) atoms. The molecule has 1 atom stereocenters. The number of piperidine rings is 1. The zero-order chi connectivity index (χ0) is 13.0. The SMILES string of the molecule is CN=C(NCc1noc(C)n1)N1CCCC(C)C1.I. The number of hydrogen-bond acceptors (Lipinski definition) is 4. The van der Waals surface area contributed by atoms with E-state index in [4.69, 9.17) is 4.52 Å². The predicted molar refractivity (Wildman–Crippen MR) is 84.6 cm³/mol. The number of aliphatic imine (C=N–C) groups is 1. The first-order valence-corrected chi connectivity index (χ1v) is 6.44. The molecule has 0 spiro atoms. The Morgan fingerprint density at radius 3 is 2.95 bits per heavy atom. The normalized spacial score (nSPS) is 20.1. The Hall–Kier alpha value is -0.860. The van der Waals surface area contributed by atoms with Crippen LogP contribution in [0.3, 0.4) is 0 Å². The highest BCUT2D eigenvalue weighted by Gasteiger charge is 2.19. The second-order valence-electron chi connectivity index (χ2n) is 4.82. The van der Waals surface area contributed by atoms with Crippen molar-refractivity contribution in [3.05, 3.63) is 11.7 Å². The number of likely N-dealkylation sites (tertiary alicyclic amines) is 1. The van der Waals surface area contributed by atoms with Crippen LogP contribution in [0.25, 0.3) is 0 Å². The average molecular weight is 379 g/mol. The summed E-state index contributed by atoms with van der Waals surface area (Å²) in [5.41, 5.74) is 0. The van der Waals surface area contributed by atoms with Crippen molar-refractivity contribution >= 4 is 29.9 Å². The van der Waals surface area contributed by atoms with Crippen molar-refractivity contribution < 1.29 is 4.52 Å². The van der Waals surface area contributed by atoms with Crippen LogP contribution in [0.4, 0.5) is 0 Å². The van der Waals surface area contributed by atoms with E-state index in [9.17, 15) is 0 Å². The van der Waals surface area contributed by atoms with Crippen molar-refractivity contribution in [2.75, 3.05) is 20.1 Å². The van der Waals surface area contributed by atoms with Crippen LogP contribution >= 0.6 is 24.0 Å². The van der Waals surface area contributed by atoms with Gasteiger partial charge in [0.05, 0.1) is 6.54 Å². The van der Waals surface area contributed by atoms with E-state index in [1.165, 1.54) is 12.8 Å². The van der Waals surface area contributed by atoms with Gasteiger partial charge in [0.15, 0.2) is 11.8 Å². The number of aromatic nitrogens is 2. The van der Waals surface area contributed by atoms with Gasteiger partial charge in [-0.25, -0.2) is 0 Å². The largest absolute Gasteiger partial charge is 0.349 e. The summed E-state index contributed by atoms with van der Waals surface area (Å²) in [6, 6.07) is 0. The Labute approximate surface area is 131 Å². The van der Waals surface area contributed by atoms with Gasteiger partial charge in [0.25, 0.3) is 0 Å². The van der Waals surface area contributed by atoms with Crippen LogP contribution in [-0.2, 0) is 6.54 Å². The molecular weight excluding hydrogens is 357 g/mol. The summed E-state index contributed by atoms with van der Waals surface area (Å²) < 4.78 is 4.94. The minimum Gasteiger partial charge on any atom is -0.349 e. The van der Waals surface area contributed by atoms with Crippen molar-refractivity contribution in [2.24, 2.45) is 10.9 Å².